The summed E-state index contributed by atoms with van der Waals surface area (Å²) in [6.45, 7) is 1.12. The number of benzene rings is 1. The highest BCUT2D eigenvalue weighted by Crippen LogP contribution is 2.31. The number of nitrogens with one attached hydrogen (secondary N) is 1. The van der Waals surface area contributed by atoms with Crippen molar-refractivity contribution in [2.24, 2.45) is 5.92 Å². The summed E-state index contributed by atoms with van der Waals surface area (Å²) in [7, 11) is 0. The van der Waals surface area contributed by atoms with Crippen LogP contribution in [0.3, 0.4) is 0 Å². The van der Waals surface area contributed by atoms with Gasteiger partial charge in [0.05, 0.1) is 6.10 Å². The van der Waals surface area contributed by atoms with Gasteiger partial charge in [0, 0.05) is 6.04 Å². The number of hydrogen-bond acceptors (Lipinski definition) is 2. The number of hydrogen-bond donors (Lipinski definition) is 2. The van der Waals surface area contributed by atoms with Gasteiger partial charge in [0.25, 0.3) is 0 Å². The van der Waals surface area contributed by atoms with Crippen LogP contribution in [0.25, 0.3) is 0 Å². The Morgan fingerprint density at radius 1 is 1.06 bits per heavy atom. The summed E-state index contributed by atoms with van der Waals surface area (Å²) in [5.74, 6) is 0.765. The zero-order chi connectivity index (χ0) is 12.4. The lowest BCUT2D eigenvalue weighted by molar-refractivity contribution is 0.107. The maximum Gasteiger partial charge on any atom is 0.0540 e. The van der Waals surface area contributed by atoms with Crippen LogP contribution in [-0.2, 0) is 6.42 Å². The molecule has 1 atom stereocenters. The van der Waals surface area contributed by atoms with Crippen LogP contribution in [0.2, 0.25) is 0 Å². The van der Waals surface area contributed by atoms with Crippen LogP contribution < -0.4 is 5.32 Å². The molecule has 2 heteroatoms. The Balaban J connectivity index is 1.53. The van der Waals surface area contributed by atoms with Crippen molar-refractivity contribution in [3.8, 4) is 0 Å². The monoisotopic (exact) mass is 245 g/mol. The Hall–Kier alpha value is -0.860. The number of aliphatic hydroxyl groups is 1. The van der Waals surface area contributed by atoms with Crippen LogP contribution in [0.1, 0.15) is 49.3 Å². The first-order valence-corrected chi connectivity index (χ1v) is 7.32. The van der Waals surface area contributed by atoms with Crippen molar-refractivity contribution in [1.82, 2.24) is 5.32 Å². The number of rotatable bonds is 3. The predicted octanol–water partition coefficient (Wildman–Crippen LogP) is 2.81. The van der Waals surface area contributed by atoms with Gasteiger partial charge in [-0.2, -0.15) is 0 Å². The third-order valence-corrected chi connectivity index (χ3v) is 4.60. The summed E-state index contributed by atoms with van der Waals surface area (Å²) in [5, 5.41) is 13.3. The van der Waals surface area contributed by atoms with E-state index < -0.39 is 0 Å². The zero-order valence-electron chi connectivity index (χ0n) is 10.9. The summed E-state index contributed by atoms with van der Waals surface area (Å²) >= 11 is 0. The summed E-state index contributed by atoms with van der Waals surface area (Å²) in [6.07, 6.45) is 6.78. The van der Waals surface area contributed by atoms with Crippen LogP contribution in [0.15, 0.2) is 24.3 Å². The van der Waals surface area contributed by atoms with E-state index in [4.69, 9.17) is 0 Å². The predicted molar refractivity (Wildman–Crippen MR) is 73.5 cm³/mol. The lowest BCUT2D eigenvalue weighted by atomic mass is 9.87. The molecular weight excluding hydrogens is 222 g/mol. The molecule has 1 aromatic rings. The van der Waals surface area contributed by atoms with Gasteiger partial charge < -0.3 is 10.4 Å². The number of aryl methyl sites for hydroxylation is 1. The second-order valence-corrected chi connectivity index (χ2v) is 5.87. The summed E-state index contributed by atoms with van der Waals surface area (Å²) in [4.78, 5) is 0. The fourth-order valence-corrected chi connectivity index (χ4v) is 3.43. The second-order valence-electron chi connectivity index (χ2n) is 5.87. The molecule has 2 nitrogen and oxygen atoms in total. The molecule has 3 rings (SSSR count). The zero-order valence-corrected chi connectivity index (χ0v) is 10.9. The average molecular weight is 245 g/mol. The normalized spacial score (nSPS) is 31.3. The second kappa shape index (κ2) is 5.41. The van der Waals surface area contributed by atoms with Crippen molar-refractivity contribution in [1.29, 1.82) is 0 Å². The molecule has 0 saturated heterocycles. The van der Waals surface area contributed by atoms with E-state index >= 15 is 0 Å². The van der Waals surface area contributed by atoms with Gasteiger partial charge >= 0.3 is 0 Å². The van der Waals surface area contributed by atoms with Crippen molar-refractivity contribution in [2.45, 2.75) is 50.7 Å². The van der Waals surface area contributed by atoms with Gasteiger partial charge in [-0.05, 0) is 62.1 Å². The summed E-state index contributed by atoms with van der Waals surface area (Å²) in [5.41, 5.74) is 3.03. The van der Waals surface area contributed by atoms with E-state index in [0.29, 0.717) is 6.04 Å². The molecule has 0 spiro atoms. The Bertz CT molecular complexity index is 396. The van der Waals surface area contributed by atoms with Gasteiger partial charge in [-0.25, -0.2) is 0 Å². The molecule has 2 N–H and O–H groups in total. The summed E-state index contributed by atoms with van der Waals surface area (Å²) in [6, 6.07) is 9.38. The van der Waals surface area contributed by atoms with Crippen molar-refractivity contribution in [2.75, 3.05) is 6.54 Å². The van der Waals surface area contributed by atoms with Gasteiger partial charge in [0.15, 0.2) is 0 Å². The van der Waals surface area contributed by atoms with E-state index in [1.165, 1.54) is 36.8 Å². The Labute approximate surface area is 109 Å². The highest BCUT2D eigenvalue weighted by molar-refractivity contribution is 5.34. The third kappa shape index (κ3) is 2.60. The van der Waals surface area contributed by atoms with Gasteiger partial charge in [-0.15, -0.1) is 0 Å². The Kier molecular flexibility index (Phi) is 3.67. The molecule has 1 aromatic carbocycles. The topological polar surface area (TPSA) is 32.3 Å². The minimum atomic E-state index is -0.0338. The van der Waals surface area contributed by atoms with Crippen LogP contribution in [-0.4, -0.2) is 17.8 Å². The van der Waals surface area contributed by atoms with Crippen molar-refractivity contribution < 1.29 is 5.11 Å². The minimum Gasteiger partial charge on any atom is -0.393 e. The van der Waals surface area contributed by atoms with E-state index in [0.717, 1.165) is 25.3 Å². The largest absolute Gasteiger partial charge is 0.393 e. The van der Waals surface area contributed by atoms with Crippen LogP contribution in [0, 0.1) is 5.92 Å². The Morgan fingerprint density at radius 3 is 2.67 bits per heavy atom. The van der Waals surface area contributed by atoms with E-state index in [1.54, 1.807) is 0 Å². The molecule has 1 unspecified atom stereocenters. The van der Waals surface area contributed by atoms with Crippen molar-refractivity contribution in [3.63, 3.8) is 0 Å². The number of fused-ring (bicyclic) bond motifs is 1. The van der Waals surface area contributed by atoms with Crippen LogP contribution in [0.5, 0.6) is 0 Å². The smallest absolute Gasteiger partial charge is 0.0540 e. The molecule has 98 valence electrons. The van der Waals surface area contributed by atoms with Gasteiger partial charge in [-0.1, -0.05) is 24.3 Å². The van der Waals surface area contributed by atoms with Gasteiger partial charge in [0.1, 0.15) is 0 Å². The first-order valence-electron chi connectivity index (χ1n) is 7.32. The van der Waals surface area contributed by atoms with E-state index in [1.807, 2.05) is 0 Å². The molecule has 0 aliphatic heterocycles. The third-order valence-electron chi connectivity index (χ3n) is 4.60. The van der Waals surface area contributed by atoms with E-state index in [-0.39, 0.29) is 6.10 Å². The first kappa shape index (κ1) is 12.2. The molecule has 18 heavy (non-hydrogen) atoms. The van der Waals surface area contributed by atoms with Crippen molar-refractivity contribution in [3.05, 3.63) is 35.4 Å². The average Bonchev–Trinajstić information content (AvgIpc) is 2.82. The molecule has 0 aromatic heterocycles. The molecule has 1 saturated carbocycles. The Morgan fingerprint density at radius 2 is 1.83 bits per heavy atom. The van der Waals surface area contributed by atoms with Crippen molar-refractivity contribution >= 4 is 0 Å². The lowest BCUT2D eigenvalue weighted by Crippen LogP contribution is -2.29. The number of aliphatic hydroxyl groups excluding tert-OH is 1. The minimum absolute atomic E-state index is 0.0338. The maximum absolute atomic E-state index is 9.52. The molecule has 0 heterocycles. The molecule has 0 bridgehead atoms. The van der Waals surface area contributed by atoms with Gasteiger partial charge in [0.2, 0.25) is 0 Å². The quantitative estimate of drug-likeness (QED) is 0.858. The van der Waals surface area contributed by atoms with Gasteiger partial charge in [-0.3, -0.25) is 0 Å². The fraction of sp³-hybridized carbons (Fsp3) is 0.625. The van der Waals surface area contributed by atoms with Crippen LogP contribution in [0.4, 0.5) is 0 Å². The molecule has 2 aliphatic rings. The molecule has 0 radical (unpaired) electrons. The maximum atomic E-state index is 9.52. The highest BCUT2D eigenvalue weighted by Gasteiger charge is 2.24. The van der Waals surface area contributed by atoms with E-state index in [9.17, 15) is 5.11 Å². The van der Waals surface area contributed by atoms with E-state index in [2.05, 4.69) is 29.6 Å². The summed E-state index contributed by atoms with van der Waals surface area (Å²) < 4.78 is 0. The molecule has 2 aliphatic carbocycles. The fourth-order valence-electron chi connectivity index (χ4n) is 3.43. The standard InChI is InChI=1S/C16H23NO/c18-14-8-5-12(6-9-14)11-17-16-10-7-13-3-1-2-4-15(13)16/h1-4,12,14,16-18H,5-11H2. The molecule has 0 amide bonds. The first-order chi connectivity index (χ1) is 8.83. The SMILES string of the molecule is OC1CCC(CNC2CCc3ccccc32)CC1. The lowest BCUT2D eigenvalue weighted by Gasteiger charge is -2.27. The molecule has 1 fully saturated rings. The van der Waals surface area contributed by atoms with Crippen LogP contribution >= 0.6 is 0 Å². The molecular formula is C16H23NO. The highest BCUT2D eigenvalue weighted by atomic mass is 16.3.